The molecular weight excluding hydrogens is 688 g/mol. The summed E-state index contributed by atoms with van der Waals surface area (Å²) in [6, 6.07) is 28.7. The maximum absolute atomic E-state index is 11.9. The molecule has 0 radical (unpaired) electrons. The summed E-state index contributed by atoms with van der Waals surface area (Å²) < 4.78 is 13.4. The van der Waals surface area contributed by atoms with E-state index in [0.29, 0.717) is 56.4 Å². The van der Waals surface area contributed by atoms with Crippen molar-refractivity contribution >= 4 is 17.5 Å². The van der Waals surface area contributed by atoms with Crippen molar-refractivity contribution in [3.63, 3.8) is 0 Å². The number of esters is 2. The van der Waals surface area contributed by atoms with E-state index in [1.165, 1.54) is 44.6 Å². The third kappa shape index (κ3) is 6.56. The van der Waals surface area contributed by atoms with Crippen LogP contribution in [0, 0.1) is 0 Å². The molecule has 12 nitrogen and oxygen atoms in total. The number of benzene rings is 4. The average molecular weight is 725 g/mol. The van der Waals surface area contributed by atoms with E-state index in [9.17, 15) is 30.0 Å². The second-order valence-electron chi connectivity index (χ2n) is 12.6. The van der Waals surface area contributed by atoms with E-state index in [-0.39, 0.29) is 23.0 Å². The largest absolute Gasteiger partial charge is 0.507 e. The number of aromatic nitrogens is 4. The molecule has 0 saturated heterocycles. The van der Waals surface area contributed by atoms with Crippen LogP contribution in [-0.2, 0) is 22.4 Å². The summed E-state index contributed by atoms with van der Waals surface area (Å²) in [6.07, 6.45) is 4.70. The third-order valence-corrected chi connectivity index (χ3v) is 9.30. The summed E-state index contributed by atoms with van der Waals surface area (Å²) in [7, 11) is 2.62. The summed E-state index contributed by atoms with van der Waals surface area (Å²) in [5.41, 5.74) is 5.84. The summed E-state index contributed by atoms with van der Waals surface area (Å²) in [4.78, 5) is 33.2. The van der Waals surface area contributed by atoms with Gasteiger partial charge in [-0.15, -0.1) is 0 Å². The summed E-state index contributed by atoms with van der Waals surface area (Å²) in [6.45, 7) is 0.771. The van der Waals surface area contributed by atoms with Crippen molar-refractivity contribution in [2.45, 2.75) is 25.8 Å². The van der Waals surface area contributed by atoms with Gasteiger partial charge in [0.2, 0.25) is 0 Å². The molecule has 0 unspecified atom stereocenters. The number of imidazole rings is 2. The monoisotopic (exact) mass is 724 g/mol. The first-order valence-corrected chi connectivity index (χ1v) is 17.2. The van der Waals surface area contributed by atoms with Crippen LogP contribution in [0.5, 0.6) is 23.0 Å². The van der Waals surface area contributed by atoms with E-state index in [4.69, 9.17) is 14.5 Å². The Kier molecular flexibility index (Phi) is 9.73. The fourth-order valence-corrected chi connectivity index (χ4v) is 6.66. The first-order chi connectivity index (χ1) is 26.2. The van der Waals surface area contributed by atoms with Gasteiger partial charge < -0.3 is 34.5 Å². The zero-order valence-corrected chi connectivity index (χ0v) is 29.4. The number of carbonyl (C=O) groups is 2. The summed E-state index contributed by atoms with van der Waals surface area (Å²) in [5.74, 6) is 0.384. The molecule has 0 fully saturated rings. The molecule has 0 saturated carbocycles. The van der Waals surface area contributed by atoms with Gasteiger partial charge in [-0.25, -0.2) is 19.6 Å². The molecule has 12 heteroatoms. The van der Waals surface area contributed by atoms with Crippen molar-refractivity contribution < 1.29 is 39.5 Å². The van der Waals surface area contributed by atoms with Crippen molar-refractivity contribution in [1.29, 1.82) is 0 Å². The molecular formula is C42H36N4O8. The smallest absolute Gasteiger partial charge is 0.337 e. The highest BCUT2D eigenvalue weighted by atomic mass is 16.5. The number of para-hydroxylation sites is 2. The van der Waals surface area contributed by atoms with Crippen molar-refractivity contribution in [3.8, 4) is 68.3 Å². The summed E-state index contributed by atoms with van der Waals surface area (Å²) in [5, 5.41) is 41.3. The lowest BCUT2D eigenvalue weighted by molar-refractivity contribution is 0.0592. The van der Waals surface area contributed by atoms with Crippen molar-refractivity contribution in [2.75, 3.05) is 14.2 Å². The molecule has 0 atom stereocenters. The van der Waals surface area contributed by atoms with Crippen LogP contribution in [0.1, 0.15) is 39.3 Å². The van der Waals surface area contributed by atoms with Crippen LogP contribution in [0.25, 0.3) is 50.8 Å². The average Bonchev–Trinajstić information content (AvgIpc) is 3.77. The number of fused-ring (bicyclic) bond motifs is 2. The van der Waals surface area contributed by atoms with Gasteiger partial charge >= 0.3 is 11.9 Å². The number of ether oxygens (including phenoxy) is 2. The second kappa shape index (κ2) is 14.9. The van der Waals surface area contributed by atoms with Crippen LogP contribution in [0.2, 0.25) is 0 Å². The van der Waals surface area contributed by atoms with E-state index in [1.807, 2.05) is 42.6 Å². The zero-order chi connectivity index (χ0) is 37.9. The quantitative estimate of drug-likeness (QED) is 0.125. The molecule has 8 rings (SSSR count). The van der Waals surface area contributed by atoms with Crippen LogP contribution < -0.4 is 0 Å². The standard InChI is InChI=1S/C21H20N2O4.C21H16N2O4/c2*1-27-21(26)13-9-10-18(25)15(12-13)20-22-19(14-6-2-3-8-17(14)24)16-7-4-5-11-23(16)20/h2-3,6,8-10,12,24-25H,4-5,7,11H2,1H3;2-12,24-25H,1H3. The predicted octanol–water partition coefficient (Wildman–Crippen LogP) is 7.62. The van der Waals surface area contributed by atoms with Crippen molar-refractivity contribution in [2.24, 2.45) is 0 Å². The number of aromatic hydroxyl groups is 4. The van der Waals surface area contributed by atoms with E-state index in [0.717, 1.165) is 37.0 Å². The minimum absolute atomic E-state index is 0.0118. The highest BCUT2D eigenvalue weighted by Gasteiger charge is 2.25. The molecule has 3 aromatic heterocycles. The van der Waals surface area contributed by atoms with Crippen molar-refractivity contribution in [1.82, 2.24) is 18.9 Å². The highest BCUT2D eigenvalue weighted by Crippen LogP contribution is 2.40. The Bertz CT molecular complexity index is 2540. The van der Waals surface area contributed by atoms with Crippen LogP contribution >= 0.6 is 0 Å². The highest BCUT2D eigenvalue weighted by molar-refractivity contribution is 5.93. The summed E-state index contributed by atoms with van der Waals surface area (Å²) >= 11 is 0. The molecule has 272 valence electrons. The van der Waals surface area contributed by atoms with Crippen molar-refractivity contribution in [3.05, 3.63) is 126 Å². The third-order valence-electron chi connectivity index (χ3n) is 9.30. The number of phenolic OH excluding ortho intramolecular Hbond substituents is 4. The first-order valence-electron chi connectivity index (χ1n) is 17.2. The molecule has 0 spiro atoms. The van der Waals surface area contributed by atoms with E-state index in [1.54, 1.807) is 40.8 Å². The van der Waals surface area contributed by atoms with Gasteiger partial charge in [0.25, 0.3) is 0 Å². The molecule has 0 aliphatic carbocycles. The van der Waals surface area contributed by atoms with E-state index in [2.05, 4.69) is 9.55 Å². The number of hydrogen-bond acceptors (Lipinski definition) is 10. The van der Waals surface area contributed by atoms with Crippen LogP contribution in [0.4, 0.5) is 0 Å². The molecule has 1 aliphatic rings. The number of nitrogens with zero attached hydrogens (tertiary/aromatic N) is 4. The minimum Gasteiger partial charge on any atom is -0.507 e. The van der Waals surface area contributed by atoms with Crippen LogP contribution in [0.15, 0.2) is 109 Å². The lowest BCUT2D eigenvalue weighted by atomic mass is 10.0. The fraction of sp³-hybridized carbons (Fsp3) is 0.143. The maximum Gasteiger partial charge on any atom is 0.337 e. The molecule has 4 heterocycles. The number of methoxy groups -OCH3 is 2. The number of carbonyl (C=O) groups excluding carboxylic acids is 2. The molecule has 4 aromatic carbocycles. The second-order valence-corrected chi connectivity index (χ2v) is 12.6. The van der Waals surface area contributed by atoms with Gasteiger partial charge in [-0.3, -0.25) is 4.40 Å². The molecule has 4 N–H and O–H groups in total. The number of pyridine rings is 1. The van der Waals surface area contributed by atoms with E-state index < -0.39 is 11.9 Å². The molecule has 7 aromatic rings. The van der Waals surface area contributed by atoms with Gasteiger partial charge in [-0.05, 0) is 92.1 Å². The first kappa shape index (κ1) is 35.3. The number of phenols is 4. The zero-order valence-electron chi connectivity index (χ0n) is 29.4. The van der Waals surface area contributed by atoms with Gasteiger partial charge in [0, 0.05) is 29.6 Å². The Labute approximate surface area is 309 Å². The molecule has 1 aliphatic heterocycles. The Hall–Kier alpha value is -7.08. The molecule has 0 amide bonds. The topological polar surface area (TPSA) is 169 Å². The normalized spacial score (nSPS) is 12.0. The fourth-order valence-electron chi connectivity index (χ4n) is 6.66. The van der Waals surface area contributed by atoms with Gasteiger partial charge in [0.1, 0.15) is 40.3 Å². The van der Waals surface area contributed by atoms with Gasteiger partial charge in [0.15, 0.2) is 0 Å². The maximum atomic E-state index is 11.9. The molecule has 54 heavy (non-hydrogen) atoms. The number of rotatable bonds is 6. The van der Waals surface area contributed by atoms with Gasteiger partial charge in [-0.1, -0.05) is 30.3 Å². The van der Waals surface area contributed by atoms with E-state index >= 15 is 0 Å². The van der Waals surface area contributed by atoms with Gasteiger partial charge in [-0.2, -0.15) is 0 Å². The van der Waals surface area contributed by atoms with Crippen LogP contribution in [0.3, 0.4) is 0 Å². The Morgan fingerprint density at radius 3 is 1.70 bits per heavy atom. The Morgan fingerprint density at radius 1 is 0.593 bits per heavy atom. The Balaban J connectivity index is 0.000000167. The lowest BCUT2D eigenvalue weighted by Gasteiger charge is -2.18. The predicted molar refractivity (Wildman–Crippen MR) is 201 cm³/mol. The molecule has 0 bridgehead atoms. The Morgan fingerprint density at radius 2 is 1.11 bits per heavy atom. The van der Waals surface area contributed by atoms with Crippen LogP contribution in [-0.4, -0.2) is 65.5 Å². The van der Waals surface area contributed by atoms with Gasteiger partial charge in [0.05, 0.1) is 47.7 Å². The minimum atomic E-state index is -0.502. The lowest BCUT2D eigenvalue weighted by Crippen LogP contribution is -2.11. The SMILES string of the molecule is COC(=O)c1ccc(O)c(-c2nc(-c3ccccc3O)c3ccccn23)c1.COC(=O)c1ccc(O)c(-c2nc(-c3ccccc3O)c3n2CCCC3)c1. The number of hydrogen-bond donors (Lipinski definition) is 4.